The van der Waals surface area contributed by atoms with Gasteiger partial charge in [0.1, 0.15) is 0 Å². The summed E-state index contributed by atoms with van der Waals surface area (Å²) in [5, 5.41) is 6.10. The molecule has 5 nitrogen and oxygen atoms in total. The molecular weight excluding hydrogens is 218 g/mol. The summed E-state index contributed by atoms with van der Waals surface area (Å²) in [7, 11) is 0. The van der Waals surface area contributed by atoms with E-state index in [0.717, 1.165) is 19.5 Å². The average molecular weight is 237 g/mol. The normalized spacial score (nSPS) is 40.5. The first-order valence-corrected chi connectivity index (χ1v) is 6.46. The maximum Gasteiger partial charge on any atom is 0.228 e. The largest absolute Gasteiger partial charge is 0.355 e. The second kappa shape index (κ2) is 3.98. The molecule has 0 radical (unpaired) electrons. The predicted molar refractivity (Wildman–Crippen MR) is 62.2 cm³/mol. The van der Waals surface area contributed by atoms with Crippen molar-refractivity contribution in [2.24, 2.45) is 11.8 Å². The number of likely N-dealkylation sites (tertiary alicyclic amines) is 1. The number of nitrogens with one attached hydrogen (secondary N) is 2. The number of nitrogens with zero attached hydrogens (tertiary/aromatic N) is 1. The Morgan fingerprint density at radius 1 is 1.35 bits per heavy atom. The van der Waals surface area contributed by atoms with E-state index in [4.69, 9.17) is 0 Å². The summed E-state index contributed by atoms with van der Waals surface area (Å²) in [5.41, 5.74) is 0. The maximum atomic E-state index is 12.5. The van der Waals surface area contributed by atoms with E-state index in [0.29, 0.717) is 31.0 Å². The van der Waals surface area contributed by atoms with E-state index in [1.807, 2.05) is 4.90 Å². The molecule has 17 heavy (non-hydrogen) atoms. The maximum absolute atomic E-state index is 12.5. The fourth-order valence-corrected chi connectivity index (χ4v) is 3.54. The molecular formula is C12H19N3O2. The van der Waals surface area contributed by atoms with E-state index in [1.54, 1.807) is 0 Å². The number of hydrogen-bond donors (Lipinski definition) is 2. The summed E-state index contributed by atoms with van der Waals surface area (Å²) >= 11 is 0. The number of carbonyl (C=O) groups is 2. The molecule has 0 saturated carbocycles. The van der Waals surface area contributed by atoms with E-state index in [1.165, 1.54) is 0 Å². The Hall–Kier alpha value is -1.10. The van der Waals surface area contributed by atoms with E-state index in [2.05, 4.69) is 17.6 Å². The van der Waals surface area contributed by atoms with Crippen molar-refractivity contribution in [3.05, 3.63) is 0 Å². The zero-order valence-corrected chi connectivity index (χ0v) is 10.1. The van der Waals surface area contributed by atoms with Crippen molar-refractivity contribution in [2.45, 2.75) is 31.8 Å². The summed E-state index contributed by atoms with van der Waals surface area (Å²) in [6.45, 7) is 4.58. The Morgan fingerprint density at radius 3 is 2.88 bits per heavy atom. The quantitative estimate of drug-likeness (QED) is 0.636. The molecule has 3 aliphatic heterocycles. The van der Waals surface area contributed by atoms with Crippen LogP contribution in [0.3, 0.4) is 0 Å². The lowest BCUT2D eigenvalue weighted by Crippen LogP contribution is -2.46. The van der Waals surface area contributed by atoms with Crippen LogP contribution in [0.2, 0.25) is 0 Å². The Morgan fingerprint density at radius 2 is 2.18 bits per heavy atom. The summed E-state index contributed by atoms with van der Waals surface area (Å²) in [5.74, 6) is 0.659. The van der Waals surface area contributed by atoms with Crippen LogP contribution in [0.1, 0.15) is 19.8 Å². The lowest BCUT2D eigenvalue weighted by molar-refractivity contribution is -0.138. The van der Waals surface area contributed by atoms with Gasteiger partial charge in [-0.25, -0.2) is 0 Å². The molecule has 3 aliphatic rings. The first kappa shape index (κ1) is 11.0. The third-order valence-corrected chi connectivity index (χ3v) is 4.36. The highest BCUT2D eigenvalue weighted by Gasteiger charge is 2.46. The lowest BCUT2D eigenvalue weighted by atomic mass is 10.0. The Balaban J connectivity index is 1.74. The number of amides is 2. The Labute approximate surface area is 101 Å². The van der Waals surface area contributed by atoms with Gasteiger partial charge in [0.05, 0.1) is 5.92 Å². The zero-order chi connectivity index (χ0) is 12.0. The minimum absolute atomic E-state index is 0.0105. The summed E-state index contributed by atoms with van der Waals surface area (Å²) in [4.78, 5) is 25.7. The van der Waals surface area contributed by atoms with Crippen molar-refractivity contribution in [1.29, 1.82) is 0 Å². The monoisotopic (exact) mass is 237 g/mol. The molecule has 4 unspecified atom stereocenters. The number of carbonyl (C=O) groups excluding carboxylic acids is 2. The van der Waals surface area contributed by atoms with Crippen molar-refractivity contribution in [2.75, 3.05) is 19.6 Å². The number of rotatable bonds is 1. The Bertz CT molecular complexity index is 358. The van der Waals surface area contributed by atoms with E-state index in [-0.39, 0.29) is 17.7 Å². The molecule has 94 valence electrons. The van der Waals surface area contributed by atoms with Crippen LogP contribution in [-0.4, -0.2) is 48.4 Å². The van der Waals surface area contributed by atoms with Crippen LogP contribution in [-0.2, 0) is 9.59 Å². The van der Waals surface area contributed by atoms with Gasteiger partial charge in [-0.2, -0.15) is 0 Å². The van der Waals surface area contributed by atoms with Crippen molar-refractivity contribution >= 4 is 11.8 Å². The molecule has 2 N–H and O–H groups in total. The molecule has 4 atom stereocenters. The molecule has 0 bridgehead atoms. The van der Waals surface area contributed by atoms with Gasteiger partial charge in [-0.3, -0.25) is 9.59 Å². The highest BCUT2D eigenvalue weighted by molar-refractivity contribution is 5.89. The topological polar surface area (TPSA) is 61.4 Å². The highest BCUT2D eigenvalue weighted by Crippen LogP contribution is 2.33. The van der Waals surface area contributed by atoms with Gasteiger partial charge < -0.3 is 15.5 Å². The van der Waals surface area contributed by atoms with Gasteiger partial charge in [0.15, 0.2) is 0 Å². The molecule has 0 aliphatic carbocycles. The van der Waals surface area contributed by atoms with Crippen molar-refractivity contribution < 1.29 is 9.59 Å². The van der Waals surface area contributed by atoms with Gasteiger partial charge in [0.2, 0.25) is 11.8 Å². The van der Waals surface area contributed by atoms with E-state index < -0.39 is 0 Å². The van der Waals surface area contributed by atoms with Crippen LogP contribution in [0.4, 0.5) is 0 Å². The highest BCUT2D eigenvalue weighted by atomic mass is 16.2. The second-order valence-corrected chi connectivity index (χ2v) is 5.52. The van der Waals surface area contributed by atoms with Crippen LogP contribution in [0, 0.1) is 11.8 Å². The molecule has 3 rings (SSSR count). The van der Waals surface area contributed by atoms with Crippen LogP contribution < -0.4 is 10.6 Å². The van der Waals surface area contributed by atoms with Crippen molar-refractivity contribution in [3.63, 3.8) is 0 Å². The fraction of sp³-hybridized carbons (Fsp3) is 0.833. The van der Waals surface area contributed by atoms with Crippen LogP contribution in [0.5, 0.6) is 0 Å². The minimum atomic E-state index is -0.135. The average Bonchev–Trinajstić information content (AvgIpc) is 2.92. The van der Waals surface area contributed by atoms with Gasteiger partial charge in [-0.15, -0.1) is 0 Å². The van der Waals surface area contributed by atoms with Crippen LogP contribution >= 0.6 is 0 Å². The van der Waals surface area contributed by atoms with Crippen molar-refractivity contribution in [1.82, 2.24) is 15.5 Å². The molecule has 3 heterocycles. The van der Waals surface area contributed by atoms with E-state index in [9.17, 15) is 9.59 Å². The van der Waals surface area contributed by atoms with Gasteiger partial charge in [-0.1, -0.05) is 0 Å². The molecule has 0 aromatic rings. The molecule has 2 amide bonds. The SMILES string of the molecule is CC1CC2CNCC2N1C(=O)C1CNC(=O)C1. The van der Waals surface area contributed by atoms with Gasteiger partial charge in [-0.05, 0) is 19.3 Å². The molecule has 0 spiro atoms. The van der Waals surface area contributed by atoms with Crippen molar-refractivity contribution in [3.8, 4) is 0 Å². The summed E-state index contributed by atoms with van der Waals surface area (Å²) in [6, 6.07) is 0.684. The molecule has 3 fully saturated rings. The third-order valence-electron chi connectivity index (χ3n) is 4.36. The third kappa shape index (κ3) is 1.73. The molecule has 0 aromatic carbocycles. The number of hydrogen-bond acceptors (Lipinski definition) is 3. The minimum Gasteiger partial charge on any atom is -0.355 e. The standard InChI is InChI=1S/C12H19N3O2/c1-7-2-8-4-13-6-10(8)15(7)12(17)9-3-11(16)14-5-9/h7-10,13H,2-6H2,1H3,(H,14,16). The second-order valence-electron chi connectivity index (χ2n) is 5.52. The smallest absolute Gasteiger partial charge is 0.228 e. The van der Waals surface area contributed by atoms with Gasteiger partial charge in [0.25, 0.3) is 0 Å². The molecule has 0 aromatic heterocycles. The Kier molecular flexibility index (Phi) is 2.58. The van der Waals surface area contributed by atoms with Crippen LogP contribution in [0.25, 0.3) is 0 Å². The zero-order valence-electron chi connectivity index (χ0n) is 10.1. The first-order valence-electron chi connectivity index (χ1n) is 6.46. The summed E-state index contributed by atoms with van der Waals surface area (Å²) in [6.07, 6.45) is 1.46. The van der Waals surface area contributed by atoms with Gasteiger partial charge in [0, 0.05) is 38.1 Å². The fourth-order valence-electron chi connectivity index (χ4n) is 3.54. The summed E-state index contributed by atoms with van der Waals surface area (Å²) < 4.78 is 0. The lowest BCUT2D eigenvalue weighted by Gasteiger charge is -2.29. The van der Waals surface area contributed by atoms with E-state index >= 15 is 0 Å². The number of fused-ring (bicyclic) bond motifs is 1. The first-order chi connectivity index (χ1) is 8.16. The van der Waals surface area contributed by atoms with Crippen LogP contribution in [0.15, 0.2) is 0 Å². The molecule has 3 saturated heterocycles. The molecule has 5 heteroatoms. The van der Waals surface area contributed by atoms with Gasteiger partial charge >= 0.3 is 0 Å². The predicted octanol–water partition coefficient (Wildman–Crippen LogP) is -0.669.